The van der Waals surface area contributed by atoms with Gasteiger partial charge in [-0.3, -0.25) is 4.79 Å². The van der Waals surface area contributed by atoms with E-state index in [-0.39, 0.29) is 0 Å². The van der Waals surface area contributed by atoms with E-state index >= 15 is 0 Å². The van der Waals surface area contributed by atoms with Crippen molar-refractivity contribution in [1.82, 2.24) is 0 Å². The lowest BCUT2D eigenvalue weighted by molar-refractivity contribution is -0.111. The second-order valence-corrected chi connectivity index (χ2v) is 3.54. The van der Waals surface area contributed by atoms with Crippen molar-refractivity contribution in [3.05, 3.63) is 28.2 Å². The first-order chi connectivity index (χ1) is 6.63. The van der Waals surface area contributed by atoms with E-state index in [9.17, 15) is 4.79 Å². The van der Waals surface area contributed by atoms with E-state index in [1.165, 1.54) is 0 Å². The fraction of sp³-hybridized carbons (Fsp3) is 0. The summed E-state index contributed by atoms with van der Waals surface area (Å²) in [7, 11) is 0. The predicted octanol–water partition coefficient (Wildman–Crippen LogP) is 3.29. The van der Waals surface area contributed by atoms with Crippen molar-refractivity contribution < 1.29 is 4.79 Å². The molecule has 0 aliphatic carbocycles. The zero-order chi connectivity index (χ0) is 10.6. The van der Waals surface area contributed by atoms with E-state index in [2.05, 4.69) is 32.0 Å². The van der Waals surface area contributed by atoms with Gasteiger partial charge in [-0.2, -0.15) is 0 Å². The molecule has 0 radical (unpaired) electrons. The molecule has 0 atom stereocenters. The molecule has 2 nitrogen and oxygen atoms in total. The van der Waals surface area contributed by atoms with Crippen molar-refractivity contribution in [2.45, 2.75) is 0 Å². The molecule has 1 N–H and O–H groups in total. The van der Waals surface area contributed by atoms with Crippen LogP contribution in [0.25, 0.3) is 0 Å². The van der Waals surface area contributed by atoms with Gasteiger partial charge < -0.3 is 5.32 Å². The molecule has 14 heavy (non-hydrogen) atoms. The zero-order valence-electron chi connectivity index (χ0n) is 6.77. The predicted molar refractivity (Wildman–Crippen MR) is 61.8 cm³/mol. The third-order valence-corrected chi connectivity index (χ3v) is 2.10. The summed E-state index contributed by atoms with van der Waals surface area (Å²) in [5, 5.41) is 3.41. The topological polar surface area (TPSA) is 29.1 Å². The van der Waals surface area contributed by atoms with E-state index in [4.69, 9.17) is 23.2 Å². The molecule has 5 heteroatoms. The maximum absolute atomic E-state index is 11.1. The smallest absolute Gasteiger partial charge is 0.301 e. The number of anilines is 1. The molecule has 1 amide bonds. The maximum Gasteiger partial charge on any atom is 0.301 e. The summed E-state index contributed by atoms with van der Waals surface area (Å²) < 4.78 is 0. The Kier molecular flexibility index (Phi) is 4.27. The molecule has 1 aromatic carbocycles. The lowest BCUT2D eigenvalue weighted by Crippen LogP contribution is -2.08. The van der Waals surface area contributed by atoms with Crippen molar-refractivity contribution in [2.24, 2.45) is 0 Å². The Balaban J connectivity index is 2.89. The Labute approximate surface area is 99.7 Å². The van der Waals surface area contributed by atoms with Gasteiger partial charge >= 0.3 is 5.91 Å². The number of hydrogen-bond acceptors (Lipinski definition) is 1. The molecule has 0 heterocycles. The van der Waals surface area contributed by atoms with Crippen molar-refractivity contribution in [2.75, 3.05) is 5.32 Å². The largest absolute Gasteiger partial charge is 0.314 e. The molecule has 0 unspecified atom stereocenters. The van der Waals surface area contributed by atoms with E-state index in [0.717, 1.165) is 0 Å². The van der Waals surface area contributed by atoms with Crippen LogP contribution in [0.1, 0.15) is 0 Å². The Bertz CT molecular complexity index is 423. The van der Waals surface area contributed by atoms with Gasteiger partial charge in [0.05, 0.1) is 10.7 Å². The van der Waals surface area contributed by atoms with Crippen LogP contribution in [-0.2, 0) is 4.79 Å². The molecule has 0 aromatic heterocycles. The average molecular weight is 293 g/mol. The van der Waals surface area contributed by atoms with Gasteiger partial charge in [0.15, 0.2) is 0 Å². The van der Waals surface area contributed by atoms with Crippen molar-refractivity contribution in [3.8, 4) is 10.8 Å². The first-order valence-corrected chi connectivity index (χ1v) is 5.06. The fourth-order valence-electron chi connectivity index (χ4n) is 0.790. The van der Waals surface area contributed by atoms with Gasteiger partial charge in [-0.15, -0.1) is 0 Å². The van der Waals surface area contributed by atoms with Gasteiger partial charge in [-0.05, 0) is 23.0 Å². The Morgan fingerprint density at radius 2 is 2.14 bits per heavy atom. The molecular weight excluding hydrogens is 289 g/mol. The molecule has 72 valence electrons. The van der Waals surface area contributed by atoms with Crippen LogP contribution < -0.4 is 5.32 Å². The standard InChI is InChI=1S/C9H4BrCl2NO/c10-4-3-9(14)13-8-5-6(11)1-2-7(8)12/h1-2,5H,(H,13,14). The SMILES string of the molecule is O=C(C#CBr)Nc1cc(Cl)ccc1Cl. The van der Waals surface area contributed by atoms with E-state index in [1.54, 1.807) is 18.2 Å². The monoisotopic (exact) mass is 291 g/mol. The van der Waals surface area contributed by atoms with Crippen LogP contribution in [0.15, 0.2) is 18.2 Å². The highest BCUT2D eigenvalue weighted by molar-refractivity contribution is 9.12. The maximum atomic E-state index is 11.1. The minimum atomic E-state index is -0.453. The second kappa shape index (κ2) is 5.26. The molecule has 0 aliphatic rings. The minimum Gasteiger partial charge on any atom is -0.314 e. The summed E-state index contributed by atoms with van der Waals surface area (Å²) in [6.45, 7) is 0. The van der Waals surface area contributed by atoms with Gasteiger partial charge in [-0.25, -0.2) is 0 Å². The Morgan fingerprint density at radius 1 is 1.43 bits per heavy atom. The highest BCUT2D eigenvalue weighted by Crippen LogP contribution is 2.25. The van der Waals surface area contributed by atoms with Crippen molar-refractivity contribution >= 4 is 50.7 Å². The van der Waals surface area contributed by atoms with Gasteiger partial charge in [0.2, 0.25) is 0 Å². The normalized spacial score (nSPS) is 8.79. The Hall–Kier alpha value is -0.690. The van der Waals surface area contributed by atoms with Gasteiger partial charge in [0.1, 0.15) is 0 Å². The number of carbonyl (C=O) groups excluding carboxylic acids is 1. The third kappa shape index (κ3) is 3.22. The van der Waals surface area contributed by atoms with E-state index in [0.29, 0.717) is 15.7 Å². The number of benzene rings is 1. The molecule has 0 spiro atoms. The van der Waals surface area contributed by atoms with Gasteiger partial charge in [0.25, 0.3) is 0 Å². The van der Waals surface area contributed by atoms with Crippen LogP contribution in [0, 0.1) is 10.8 Å². The second-order valence-electron chi connectivity index (χ2n) is 2.30. The summed E-state index contributed by atoms with van der Waals surface area (Å²) in [5.41, 5.74) is 0.444. The molecule has 0 bridgehead atoms. The van der Waals surface area contributed by atoms with Crippen LogP contribution in [0.5, 0.6) is 0 Å². The highest BCUT2D eigenvalue weighted by Gasteiger charge is 2.03. The summed E-state index contributed by atoms with van der Waals surface area (Å²) in [4.78, 5) is 13.4. The summed E-state index contributed by atoms with van der Waals surface area (Å²) in [6, 6.07) is 4.79. The summed E-state index contributed by atoms with van der Waals surface area (Å²) in [6.07, 6.45) is 0. The molecule has 0 aliphatic heterocycles. The molecule has 0 saturated heterocycles. The van der Waals surface area contributed by atoms with Crippen molar-refractivity contribution in [3.63, 3.8) is 0 Å². The van der Waals surface area contributed by atoms with E-state index < -0.39 is 5.91 Å². The molecule has 0 saturated carbocycles. The van der Waals surface area contributed by atoms with Gasteiger partial charge in [-0.1, -0.05) is 23.2 Å². The van der Waals surface area contributed by atoms with Gasteiger partial charge in [0, 0.05) is 26.9 Å². The summed E-state index contributed by atoms with van der Waals surface area (Å²) in [5.74, 6) is 1.80. The number of amides is 1. The third-order valence-electron chi connectivity index (χ3n) is 1.34. The fourth-order valence-corrected chi connectivity index (χ4v) is 1.31. The number of hydrogen-bond donors (Lipinski definition) is 1. The van der Waals surface area contributed by atoms with Crippen molar-refractivity contribution in [1.29, 1.82) is 0 Å². The Morgan fingerprint density at radius 3 is 2.79 bits per heavy atom. The minimum absolute atomic E-state index is 0.416. The van der Waals surface area contributed by atoms with Crippen LogP contribution >= 0.6 is 39.1 Å². The van der Waals surface area contributed by atoms with Crippen LogP contribution in [-0.4, -0.2) is 5.91 Å². The molecular formula is C9H4BrCl2NO. The summed E-state index contributed by atoms with van der Waals surface area (Å²) >= 11 is 14.3. The van der Waals surface area contributed by atoms with Crippen LogP contribution in [0.2, 0.25) is 10.0 Å². The lowest BCUT2D eigenvalue weighted by atomic mass is 10.3. The van der Waals surface area contributed by atoms with E-state index in [1.807, 2.05) is 0 Å². The molecule has 1 aromatic rings. The number of rotatable bonds is 1. The molecule has 0 fully saturated rings. The van der Waals surface area contributed by atoms with Crippen LogP contribution in [0.4, 0.5) is 5.69 Å². The first kappa shape index (κ1) is 11.4. The quantitative estimate of drug-likeness (QED) is 0.791. The number of carbonyl (C=O) groups is 1. The average Bonchev–Trinajstić information content (AvgIpc) is 2.12. The first-order valence-electron chi connectivity index (χ1n) is 3.51. The van der Waals surface area contributed by atoms with Crippen LogP contribution in [0.3, 0.4) is 0 Å². The number of nitrogens with one attached hydrogen (secondary N) is 1. The zero-order valence-corrected chi connectivity index (χ0v) is 9.87. The lowest BCUT2D eigenvalue weighted by Gasteiger charge is -2.03. The highest BCUT2D eigenvalue weighted by atomic mass is 79.9. The number of halogens is 3. The molecule has 1 rings (SSSR count).